The van der Waals surface area contributed by atoms with E-state index in [0.717, 1.165) is 6.08 Å². The number of aliphatic carboxylic acids is 1. The number of carboxylic acid groups (broad SMARTS) is 1. The molecule has 0 aromatic heterocycles. The van der Waals surface area contributed by atoms with Crippen LogP contribution in [0.4, 0.5) is 0 Å². The highest BCUT2D eigenvalue weighted by Gasteiger charge is 2.25. The van der Waals surface area contributed by atoms with Gasteiger partial charge in [-0.25, -0.2) is 4.79 Å². The van der Waals surface area contributed by atoms with Crippen LogP contribution in [0, 0.1) is 0 Å². The predicted molar refractivity (Wildman–Crippen MR) is 62.3 cm³/mol. The molecule has 0 saturated heterocycles. The lowest BCUT2D eigenvalue weighted by Gasteiger charge is -2.12. The van der Waals surface area contributed by atoms with Crippen molar-refractivity contribution in [2.24, 2.45) is 0 Å². The Morgan fingerprint density at radius 3 is 2.67 bits per heavy atom. The molecule has 0 unspecified atom stereocenters. The van der Waals surface area contributed by atoms with E-state index in [2.05, 4.69) is 0 Å². The first-order valence-corrected chi connectivity index (χ1v) is 5.13. The molecular formula is C12H12O6. The summed E-state index contributed by atoms with van der Waals surface area (Å²) in [6.45, 7) is 0.0982. The van der Waals surface area contributed by atoms with E-state index in [1.165, 1.54) is 20.3 Å². The van der Waals surface area contributed by atoms with Crippen molar-refractivity contribution in [3.05, 3.63) is 17.7 Å². The molecule has 18 heavy (non-hydrogen) atoms. The minimum Gasteiger partial charge on any atom is -0.492 e. The summed E-state index contributed by atoms with van der Waals surface area (Å²) >= 11 is 0. The first-order chi connectivity index (χ1) is 8.67. The maximum Gasteiger partial charge on any atom is 0.328 e. The number of hydrogen-bond acceptors (Lipinski definition) is 5. The van der Waals surface area contributed by atoms with Crippen LogP contribution < -0.4 is 18.9 Å². The van der Waals surface area contributed by atoms with Gasteiger partial charge in [-0.15, -0.1) is 0 Å². The fourth-order valence-corrected chi connectivity index (χ4v) is 1.70. The Morgan fingerprint density at radius 1 is 1.33 bits per heavy atom. The maximum absolute atomic E-state index is 10.5. The van der Waals surface area contributed by atoms with Crippen LogP contribution in [0.15, 0.2) is 12.1 Å². The Hall–Kier alpha value is -2.37. The monoisotopic (exact) mass is 252 g/mol. The number of methoxy groups -OCH3 is 2. The Labute approximate surface area is 103 Å². The van der Waals surface area contributed by atoms with Crippen LogP contribution in [0.2, 0.25) is 0 Å². The minimum absolute atomic E-state index is 0.0982. The summed E-state index contributed by atoms with van der Waals surface area (Å²) in [5.74, 6) is 0.699. The van der Waals surface area contributed by atoms with Gasteiger partial charge in [0.2, 0.25) is 18.3 Å². The Morgan fingerprint density at radius 2 is 2.06 bits per heavy atom. The minimum atomic E-state index is -1.05. The Balaban J connectivity index is 2.55. The van der Waals surface area contributed by atoms with Gasteiger partial charge in [-0.3, -0.25) is 0 Å². The smallest absolute Gasteiger partial charge is 0.328 e. The lowest BCUT2D eigenvalue weighted by molar-refractivity contribution is -0.131. The molecule has 1 aliphatic rings. The standard InChI is InChI=1S/C12H12O6/c1-15-10-7(3-4-9(13)14)5-8-11(12(10)16-2)18-6-17-8/h3-5H,6H2,1-2H3,(H,13,14). The highest BCUT2D eigenvalue weighted by Crippen LogP contribution is 2.49. The molecular weight excluding hydrogens is 240 g/mol. The highest BCUT2D eigenvalue weighted by atomic mass is 16.7. The summed E-state index contributed by atoms with van der Waals surface area (Å²) in [5.41, 5.74) is 0.543. The van der Waals surface area contributed by atoms with Gasteiger partial charge in [0.15, 0.2) is 11.5 Å². The third kappa shape index (κ3) is 2.04. The Kier molecular flexibility index (Phi) is 3.27. The maximum atomic E-state index is 10.5. The molecule has 1 N–H and O–H groups in total. The number of fused-ring (bicyclic) bond motifs is 1. The molecule has 1 aromatic carbocycles. The first kappa shape index (κ1) is 12.1. The molecule has 2 rings (SSSR count). The quantitative estimate of drug-likeness (QED) is 0.819. The molecule has 6 nitrogen and oxygen atoms in total. The second-order valence-corrected chi connectivity index (χ2v) is 3.44. The van der Waals surface area contributed by atoms with Gasteiger partial charge in [0.25, 0.3) is 0 Å². The van der Waals surface area contributed by atoms with Gasteiger partial charge in [0.1, 0.15) is 0 Å². The lowest BCUT2D eigenvalue weighted by Crippen LogP contribution is -1.96. The zero-order chi connectivity index (χ0) is 13.1. The predicted octanol–water partition coefficient (Wildman–Crippen LogP) is 1.53. The molecule has 0 aliphatic carbocycles. The third-order valence-electron chi connectivity index (χ3n) is 2.42. The van der Waals surface area contributed by atoms with Crippen molar-refractivity contribution < 1.29 is 28.8 Å². The molecule has 0 radical (unpaired) electrons. The second kappa shape index (κ2) is 4.87. The lowest BCUT2D eigenvalue weighted by atomic mass is 10.1. The second-order valence-electron chi connectivity index (χ2n) is 3.44. The van der Waals surface area contributed by atoms with Crippen LogP contribution in [0.1, 0.15) is 5.56 Å². The van der Waals surface area contributed by atoms with Crippen LogP contribution in [0.5, 0.6) is 23.0 Å². The van der Waals surface area contributed by atoms with Crippen LogP contribution in [-0.2, 0) is 4.79 Å². The fraction of sp³-hybridized carbons (Fsp3) is 0.250. The fourth-order valence-electron chi connectivity index (χ4n) is 1.70. The van der Waals surface area contributed by atoms with Crippen LogP contribution in [-0.4, -0.2) is 32.1 Å². The number of benzene rings is 1. The molecule has 0 spiro atoms. The van der Waals surface area contributed by atoms with E-state index in [9.17, 15) is 4.79 Å². The van der Waals surface area contributed by atoms with Crippen molar-refractivity contribution >= 4 is 12.0 Å². The summed E-state index contributed by atoms with van der Waals surface area (Å²) in [4.78, 5) is 10.5. The molecule has 1 aliphatic heterocycles. The number of carboxylic acids is 1. The average Bonchev–Trinajstić information content (AvgIpc) is 2.81. The van der Waals surface area contributed by atoms with Crippen molar-refractivity contribution in [2.75, 3.05) is 21.0 Å². The van der Waals surface area contributed by atoms with E-state index in [1.54, 1.807) is 6.07 Å². The molecule has 96 valence electrons. The topological polar surface area (TPSA) is 74.2 Å². The molecule has 1 heterocycles. The third-order valence-corrected chi connectivity index (χ3v) is 2.42. The molecule has 0 saturated carbocycles. The van der Waals surface area contributed by atoms with E-state index in [-0.39, 0.29) is 6.79 Å². The Bertz CT molecular complexity index is 506. The van der Waals surface area contributed by atoms with Crippen molar-refractivity contribution in [2.45, 2.75) is 0 Å². The molecule has 6 heteroatoms. The first-order valence-electron chi connectivity index (χ1n) is 5.13. The van der Waals surface area contributed by atoms with E-state index in [0.29, 0.717) is 28.6 Å². The summed E-state index contributed by atoms with van der Waals surface area (Å²) in [6.07, 6.45) is 2.42. The summed E-state index contributed by atoms with van der Waals surface area (Å²) in [7, 11) is 2.95. The van der Waals surface area contributed by atoms with Gasteiger partial charge in [0.05, 0.1) is 14.2 Å². The summed E-state index contributed by atoms with van der Waals surface area (Å²) < 4.78 is 21.0. The zero-order valence-corrected chi connectivity index (χ0v) is 9.93. The van der Waals surface area contributed by atoms with Gasteiger partial charge in [0, 0.05) is 11.6 Å². The highest BCUT2D eigenvalue weighted by molar-refractivity contribution is 5.87. The molecule has 0 fully saturated rings. The van der Waals surface area contributed by atoms with E-state index >= 15 is 0 Å². The SMILES string of the molecule is COc1c(C=CC(=O)O)cc2c(c1OC)OCO2. The van der Waals surface area contributed by atoms with Crippen molar-refractivity contribution in [3.8, 4) is 23.0 Å². The van der Waals surface area contributed by atoms with Crippen LogP contribution in [0.25, 0.3) is 6.08 Å². The van der Waals surface area contributed by atoms with Crippen molar-refractivity contribution in [1.82, 2.24) is 0 Å². The van der Waals surface area contributed by atoms with Gasteiger partial charge in [-0.05, 0) is 12.1 Å². The molecule has 0 atom stereocenters. The number of carbonyl (C=O) groups is 1. The largest absolute Gasteiger partial charge is 0.492 e. The molecule has 0 amide bonds. The van der Waals surface area contributed by atoms with E-state index in [1.807, 2.05) is 0 Å². The number of hydrogen-bond donors (Lipinski definition) is 1. The van der Waals surface area contributed by atoms with Crippen LogP contribution >= 0.6 is 0 Å². The summed E-state index contributed by atoms with van der Waals surface area (Å²) in [5, 5.41) is 8.64. The average molecular weight is 252 g/mol. The number of ether oxygens (including phenoxy) is 4. The normalized spacial score (nSPS) is 12.8. The summed E-state index contributed by atoms with van der Waals surface area (Å²) in [6, 6.07) is 1.64. The van der Waals surface area contributed by atoms with Gasteiger partial charge in [-0.2, -0.15) is 0 Å². The zero-order valence-electron chi connectivity index (χ0n) is 9.93. The van der Waals surface area contributed by atoms with Gasteiger partial charge < -0.3 is 24.1 Å². The molecule has 1 aromatic rings. The van der Waals surface area contributed by atoms with Crippen molar-refractivity contribution in [3.63, 3.8) is 0 Å². The van der Waals surface area contributed by atoms with E-state index < -0.39 is 5.97 Å². The van der Waals surface area contributed by atoms with E-state index in [4.69, 9.17) is 24.1 Å². The number of rotatable bonds is 4. The van der Waals surface area contributed by atoms with Crippen LogP contribution in [0.3, 0.4) is 0 Å². The molecule has 0 bridgehead atoms. The van der Waals surface area contributed by atoms with Gasteiger partial charge >= 0.3 is 5.97 Å². The van der Waals surface area contributed by atoms with Crippen molar-refractivity contribution in [1.29, 1.82) is 0 Å². The van der Waals surface area contributed by atoms with Gasteiger partial charge in [-0.1, -0.05) is 0 Å².